The summed E-state index contributed by atoms with van der Waals surface area (Å²) in [4.78, 5) is 25.5. The minimum absolute atomic E-state index is 0.111. The summed E-state index contributed by atoms with van der Waals surface area (Å²) in [5.74, 6) is -1.05. The average molecular weight is 412 g/mol. The fourth-order valence-corrected chi connectivity index (χ4v) is 2.51. The van der Waals surface area contributed by atoms with Gasteiger partial charge in [0.1, 0.15) is 5.82 Å². The lowest BCUT2D eigenvalue weighted by Gasteiger charge is -2.17. The molecule has 1 N–H and O–H groups in total. The normalized spacial score (nSPS) is 10.1. The lowest BCUT2D eigenvalue weighted by atomic mass is 10.2. The molecular weight excluding hydrogens is 398 g/mol. The van der Waals surface area contributed by atoms with E-state index >= 15 is 0 Å². The summed E-state index contributed by atoms with van der Waals surface area (Å²) in [6, 6.07) is 12.8. The van der Waals surface area contributed by atoms with Gasteiger partial charge in [-0.05, 0) is 52.9 Å². The van der Waals surface area contributed by atoms with Gasteiger partial charge in [-0.3, -0.25) is 9.59 Å². The van der Waals surface area contributed by atoms with Crippen molar-refractivity contribution in [2.45, 2.75) is 0 Å². The third-order valence-corrected chi connectivity index (χ3v) is 3.88. The van der Waals surface area contributed by atoms with Crippen LogP contribution in [0, 0.1) is 9.39 Å². The van der Waals surface area contributed by atoms with E-state index in [0.717, 1.165) is 3.57 Å². The van der Waals surface area contributed by atoms with E-state index < -0.39 is 5.82 Å². The van der Waals surface area contributed by atoms with Crippen LogP contribution in [-0.4, -0.2) is 30.3 Å². The molecule has 0 bridgehead atoms. The molecule has 0 spiro atoms. The van der Waals surface area contributed by atoms with Gasteiger partial charge >= 0.3 is 0 Å². The first kappa shape index (κ1) is 16.4. The molecule has 2 rings (SSSR count). The predicted octanol–water partition coefficient (Wildman–Crippen LogP) is 3.14. The lowest BCUT2D eigenvalue weighted by molar-refractivity contribution is -0.116. The van der Waals surface area contributed by atoms with Crippen molar-refractivity contribution in [3.05, 3.63) is 63.5 Å². The molecule has 0 aromatic heterocycles. The third kappa shape index (κ3) is 4.27. The van der Waals surface area contributed by atoms with Gasteiger partial charge in [0.15, 0.2) is 0 Å². The number of benzene rings is 2. The topological polar surface area (TPSA) is 49.4 Å². The van der Waals surface area contributed by atoms with Crippen molar-refractivity contribution in [1.29, 1.82) is 0 Å². The Morgan fingerprint density at radius 3 is 2.59 bits per heavy atom. The van der Waals surface area contributed by atoms with Gasteiger partial charge in [-0.2, -0.15) is 0 Å². The Hall–Kier alpha value is -1.96. The lowest BCUT2D eigenvalue weighted by Crippen LogP contribution is -2.35. The maximum Gasteiger partial charge on any atom is 0.255 e. The molecule has 0 saturated heterocycles. The molecule has 0 radical (unpaired) electrons. The maximum atomic E-state index is 13.1. The zero-order valence-electron chi connectivity index (χ0n) is 11.8. The van der Waals surface area contributed by atoms with E-state index in [9.17, 15) is 14.0 Å². The number of likely N-dealkylation sites (N-methyl/N-ethyl adjacent to an activating group) is 1. The van der Waals surface area contributed by atoms with Crippen LogP contribution in [0.3, 0.4) is 0 Å². The largest absolute Gasteiger partial charge is 0.332 e. The second-order valence-electron chi connectivity index (χ2n) is 4.70. The Balaban J connectivity index is 1.99. The highest BCUT2D eigenvalue weighted by atomic mass is 127. The van der Waals surface area contributed by atoms with Crippen molar-refractivity contribution in [3.8, 4) is 0 Å². The van der Waals surface area contributed by atoms with Gasteiger partial charge in [-0.1, -0.05) is 18.2 Å². The van der Waals surface area contributed by atoms with Crippen LogP contribution in [0.15, 0.2) is 48.5 Å². The van der Waals surface area contributed by atoms with Crippen LogP contribution in [0.25, 0.3) is 0 Å². The second kappa shape index (κ2) is 7.35. The Morgan fingerprint density at radius 2 is 1.91 bits per heavy atom. The molecule has 0 saturated carbocycles. The van der Waals surface area contributed by atoms with E-state index in [1.54, 1.807) is 25.2 Å². The summed E-state index contributed by atoms with van der Waals surface area (Å²) in [7, 11) is 1.55. The van der Waals surface area contributed by atoms with E-state index in [1.807, 2.05) is 12.1 Å². The highest BCUT2D eigenvalue weighted by molar-refractivity contribution is 14.1. The molecule has 22 heavy (non-hydrogen) atoms. The average Bonchev–Trinajstić information content (AvgIpc) is 2.46. The number of nitrogens with zero attached hydrogens (tertiary/aromatic N) is 1. The number of nitrogens with one attached hydrogen (secondary N) is 1. The van der Waals surface area contributed by atoms with Crippen LogP contribution in [-0.2, 0) is 4.79 Å². The predicted molar refractivity (Wildman–Crippen MR) is 91.1 cm³/mol. The second-order valence-corrected chi connectivity index (χ2v) is 5.86. The Kier molecular flexibility index (Phi) is 5.48. The molecular formula is C16H14FIN2O2. The van der Waals surface area contributed by atoms with E-state index in [1.165, 1.54) is 23.1 Å². The number of carbonyl (C=O) groups is 2. The molecule has 0 heterocycles. The van der Waals surface area contributed by atoms with Crippen LogP contribution < -0.4 is 5.32 Å². The Morgan fingerprint density at radius 1 is 1.18 bits per heavy atom. The number of carbonyl (C=O) groups excluding carboxylic acids is 2. The highest BCUT2D eigenvalue weighted by Gasteiger charge is 2.17. The maximum absolute atomic E-state index is 13.1. The van der Waals surface area contributed by atoms with E-state index in [4.69, 9.17) is 0 Å². The monoisotopic (exact) mass is 412 g/mol. The molecule has 0 fully saturated rings. The number of hydrogen-bond donors (Lipinski definition) is 1. The fourth-order valence-electron chi connectivity index (χ4n) is 1.89. The molecule has 0 aliphatic rings. The molecule has 0 atom stereocenters. The summed E-state index contributed by atoms with van der Waals surface area (Å²) in [5.41, 5.74) is 0.907. The fraction of sp³-hybridized carbons (Fsp3) is 0.125. The van der Waals surface area contributed by atoms with Crippen LogP contribution in [0.4, 0.5) is 10.1 Å². The zero-order chi connectivity index (χ0) is 16.1. The van der Waals surface area contributed by atoms with Crippen LogP contribution >= 0.6 is 22.6 Å². The zero-order valence-corrected chi connectivity index (χ0v) is 14.0. The van der Waals surface area contributed by atoms with Crippen molar-refractivity contribution in [1.82, 2.24) is 4.90 Å². The molecule has 2 aromatic rings. The molecule has 4 nitrogen and oxygen atoms in total. The molecule has 0 unspecified atom stereocenters. The van der Waals surface area contributed by atoms with Gasteiger partial charge in [0, 0.05) is 16.3 Å². The summed E-state index contributed by atoms with van der Waals surface area (Å²) >= 11 is 2.08. The number of hydrogen-bond acceptors (Lipinski definition) is 2. The number of halogens is 2. The molecule has 0 aliphatic heterocycles. The first-order chi connectivity index (χ1) is 10.5. The molecule has 6 heteroatoms. The number of anilines is 1. The van der Waals surface area contributed by atoms with Gasteiger partial charge in [0.05, 0.1) is 12.1 Å². The first-order valence-corrected chi connectivity index (χ1v) is 7.60. The summed E-state index contributed by atoms with van der Waals surface area (Å²) in [6.07, 6.45) is 0. The van der Waals surface area contributed by atoms with Gasteiger partial charge < -0.3 is 10.2 Å². The van der Waals surface area contributed by atoms with Gasteiger partial charge in [-0.15, -0.1) is 0 Å². The van der Waals surface area contributed by atoms with E-state index in [-0.39, 0.29) is 18.4 Å². The van der Waals surface area contributed by atoms with Crippen molar-refractivity contribution < 1.29 is 14.0 Å². The van der Waals surface area contributed by atoms with Gasteiger partial charge in [0.2, 0.25) is 5.91 Å². The van der Waals surface area contributed by atoms with Gasteiger partial charge in [0.25, 0.3) is 5.91 Å². The standard InChI is InChI=1S/C16H14FIN2O2/c1-20(16(22)13-7-2-3-8-14(13)18)10-15(21)19-12-6-4-5-11(17)9-12/h2-9H,10H2,1H3,(H,19,21). The minimum Gasteiger partial charge on any atom is -0.332 e. The molecule has 114 valence electrons. The van der Waals surface area contributed by atoms with Crippen LogP contribution in [0.5, 0.6) is 0 Å². The number of rotatable bonds is 4. The highest BCUT2D eigenvalue weighted by Crippen LogP contribution is 2.14. The van der Waals surface area contributed by atoms with Gasteiger partial charge in [-0.25, -0.2) is 4.39 Å². The minimum atomic E-state index is -0.430. The summed E-state index contributed by atoms with van der Waals surface area (Å²) in [6.45, 7) is -0.111. The van der Waals surface area contributed by atoms with Crippen molar-refractivity contribution >= 4 is 40.1 Å². The Labute approximate surface area is 141 Å². The van der Waals surface area contributed by atoms with Crippen LogP contribution in [0.1, 0.15) is 10.4 Å². The van der Waals surface area contributed by atoms with Crippen molar-refractivity contribution in [2.24, 2.45) is 0 Å². The molecule has 0 aliphatic carbocycles. The number of amides is 2. The van der Waals surface area contributed by atoms with E-state index in [0.29, 0.717) is 11.3 Å². The summed E-state index contributed by atoms with van der Waals surface area (Å²) < 4.78 is 13.9. The summed E-state index contributed by atoms with van der Waals surface area (Å²) in [5, 5.41) is 2.56. The molecule has 2 aromatic carbocycles. The smallest absolute Gasteiger partial charge is 0.255 e. The Bertz CT molecular complexity index is 706. The SMILES string of the molecule is CN(CC(=O)Nc1cccc(F)c1)C(=O)c1ccccc1I. The molecule has 2 amide bonds. The quantitative estimate of drug-likeness (QED) is 0.785. The van der Waals surface area contributed by atoms with Crippen molar-refractivity contribution in [2.75, 3.05) is 18.9 Å². The van der Waals surface area contributed by atoms with Crippen molar-refractivity contribution in [3.63, 3.8) is 0 Å². The third-order valence-electron chi connectivity index (χ3n) is 2.94. The van der Waals surface area contributed by atoms with E-state index in [2.05, 4.69) is 27.9 Å². The van der Waals surface area contributed by atoms with Crippen LogP contribution in [0.2, 0.25) is 0 Å². The first-order valence-electron chi connectivity index (χ1n) is 6.53.